The fraction of sp³-hybridized carbons (Fsp3) is 0.600. The molecule has 0 nitrogen and oxygen atoms in total. The van der Waals surface area contributed by atoms with E-state index in [-0.39, 0.29) is 0 Å². The Labute approximate surface area is 207 Å². The fourth-order valence-electron chi connectivity index (χ4n) is 4.90. The number of benzene rings is 2. The molecular weight excluding hydrogens is 448 g/mol. The number of hydrogen-bond donors (Lipinski definition) is 0. The van der Waals surface area contributed by atoms with Gasteiger partial charge in [0.15, 0.2) is 0 Å². The van der Waals surface area contributed by atoms with E-state index >= 15 is 0 Å². The normalized spacial score (nSPS) is 12.3. The maximum atomic E-state index is 13.1. The molecule has 4 heteroatoms. The summed E-state index contributed by atoms with van der Waals surface area (Å²) in [6.07, 6.45) is 14.4. The Kier molecular flexibility index (Phi) is 13.3. The molecule has 0 unspecified atom stereocenters. The van der Waals surface area contributed by atoms with Gasteiger partial charge >= 0.3 is 6.18 Å². The van der Waals surface area contributed by atoms with Crippen LogP contribution in [0.3, 0.4) is 0 Å². The van der Waals surface area contributed by atoms with E-state index in [1.165, 1.54) is 107 Å². The number of unbranched alkanes of at least 4 members (excludes halogenated alkanes) is 10. The first kappa shape index (κ1) is 28.9. The minimum absolute atomic E-state index is 0.549. The van der Waals surface area contributed by atoms with Crippen molar-refractivity contribution in [1.82, 2.24) is 0 Å². The van der Waals surface area contributed by atoms with Crippen LogP contribution in [0.15, 0.2) is 54.6 Å². The molecule has 190 valence electrons. The summed E-state index contributed by atoms with van der Waals surface area (Å²) in [5, 5.41) is 1.46. The molecule has 34 heavy (non-hydrogen) atoms. The van der Waals surface area contributed by atoms with Crippen LogP contribution in [-0.2, 0) is 12.3 Å². The first-order valence-electron chi connectivity index (χ1n) is 13.5. The van der Waals surface area contributed by atoms with Crippen molar-refractivity contribution in [3.8, 4) is 0 Å². The summed E-state index contributed by atoms with van der Waals surface area (Å²) in [4.78, 5) is 0. The van der Waals surface area contributed by atoms with E-state index in [4.69, 9.17) is 0 Å². The molecule has 0 saturated carbocycles. The second-order valence-electron chi connectivity index (χ2n) is 9.82. The summed E-state index contributed by atoms with van der Waals surface area (Å²) in [5.74, 6) is 0. The Morgan fingerprint density at radius 3 is 1.53 bits per heavy atom. The summed E-state index contributed by atoms with van der Waals surface area (Å²) in [5.41, 5.74) is 0.508. The van der Waals surface area contributed by atoms with Crippen molar-refractivity contribution in [2.75, 3.05) is 12.3 Å². The molecule has 0 N–H and O–H groups in total. The second-order valence-corrected chi connectivity index (χ2v) is 13.8. The highest BCUT2D eigenvalue weighted by Crippen LogP contribution is 2.61. The molecule has 0 spiro atoms. The molecule has 0 bridgehead atoms. The monoisotopic (exact) mass is 493 g/mol. The molecule has 0 amide bonds. The van der Waals surface area contributed by atoms with E-state index in [9.17, 15) is 13.2 Å². The third-order valence-electron chi connectivity index (χ3n) is 6.95. The van der Waals surface area contributed by atoms with Crippen molar-refractivity contribution in [1.29, 1.82) is 0 Å². The predicted octanol–water partition coefficient (Wildman–Crippen LogP) is 10.3. The summed E-state index contributed by atoms with van der Waals surface area (Å²) in [7, 11) is -1.52. The van der Waals surface area contributed by atoms with Gasteiger partial charge in [0.25, 0.3) is 0 Å². The number of alkyl halides is 3. The van der Waals surface area contributed by atoms with E-state index in [1.807, 2.05) is 0 Å². The largest absolute Gasteiger partial charge is 0.416 e. The zero-order valence-electron chi connectivity index (χ0n) is 21.4. The van der Waals surface area contributed by atoms with Gasteiger partial charge in [-0.3, -0.25) is 0 Å². The Morgan fingerprint density at radius 1 is 0.588 bits per heavy atom. The highest BCUT2D eigenvalue weighted by atomic mass is 31.2. The summed E-state index contributed by atoms with van der Waals surface area (Å²) in [6.45, 7) is 4.49. The van der Waals surface area contributed by atoms with E-state index in [2.05, 4.69) is 44.2 Å². The van der Waals surface area contributed by atoms with Gasteiger partial charge in [-0.1, -0.05) is 95.5 Å². The maximum absolute atomic E-state index is 13.1. The SMILES string of the molecule is CCCCCCCC[P+](CCCCCCCC)(Cc1ccc(C(F)(F)F)cc1)c1ccccc1. The minimum atomic E-state index is -4.28. The Morgan fingerprint density at radius 2 is 1.06 bits per heavy atom. The zero-order valence-corrected chi connectivity index (χ0v) is 22.3. The van der Waals surface area contributed by atoms with Gasteiger partial charge in [0.1, 0.15) is 0 Å². The van der Waals surface area contributed by atoms with Gasteiger partial charge < -0.3 is 0 Å². The predicted molar refractivity (Wildman–Crippen MR) is 145 cm³/mol. The van der Waals surface area contributed by atoms with Gasteiger partial charge in [-0.15, -0.1) is 0 Å². The average molecular weight is 494 g/mol. The van der Waals surface area contributed by atoms with Crippen molar-refractivity contribution < 1.29 is 13.2 Å². The van der Waals surface area contributed by atoms with E-state index in [0.29, 0.717) is 0 Å². The van der Waals surface area contributed by atoms with Crippen LogP contribution in [-0.4, -0.2) is 12.3 Å². The van der Waals surface area contributed by atoms with Crippen LogP contribution in [0.1, 0.15) is 102 Å². The minimum Gasteiger partial charge on any atom is -0.166 e. The molecule has 0 fully saturated rings. The van der Waals surface area contributed by atoms with Gasteiger partial charge in [0.2, 0.25) is 0 Å². The van der Waals surface area contributed by atoms with Crippen LogP contribution >= 0.6 is 7.26 Å². The number of rotatable bonds is 17. The quantitative estimate of drug-likeness (QED) is 0.152. The third-order valence-corrected chi connectivity index (χ3v) is 11.7. The van der Waals surface area contributed by atoms with Gasteiger partial charge in [0.05, 0.1) is 36.6 Å². The molecule has 2 aromatic rings. The molecular formula is C30H45F3P+. The van der Waals surface area contributed by atoms with Crippen molar-refractivity contribution in [2.24, 2.45) is 0 Å². The molecule has 0 aliphatic heterocycles. The lowest BCUT2D eigenvalue weighted by molar-refractivity contribution is -0.137. The third kappa shape index (κ3) is 10.1. The molecule has 0 atom stereocenters. The average Bonchev–Trinajstić information content (AvgIpc) is 2.83. The summed E-state index contributed by atoms with van der Waals surface area (Å²) >= 11 is 0. The molecule has 0 radical (unpaired) electrons. The van der Waals surface area contributed by atoms with E-state index in [0.717, 1.165) is 11.7 Å². The van der Waals surface area contributed by atoms with Crippen molar-refractivity contribution in [2.45, 2.75) is 103 Å². The van der Waals surface area contributed by atoms with Gasteiger partial charge in [-0.25, -0.2) is 0 Å². The lowest BCUT2D eigenvalue weighted by Crippen LogP contribution is -2.20. The molecule has 0 aliphatic carbocycles. The van der Waals surface area contributed by atoms with Gasteiger partial charge in [-0.2, -0.15) is 13.2 Å². The van der Waals surface area contributed by atoms with Crippen LogP contribution in [0.5, 0.6) is 0 Å². The van der Waals surface area contributed by atoms with Gasteiger partial charge in [0, 0.05) is 0 Å². The smallest absolute Gasteiger partial charge is 0.166 e. The lowest BCUT2D eigenvalue weighted by Gasteiger charge is -2.28. The molecule has 0 aromatic heterocycles. The summed E-state index contributed by atoms with van der Waals surface area (Å²) < 4.78 is 39.4. The van der Waals surface area contributed by atoms with Crippen LogP contribution in [0.25, 0.3) is 0 Å². The van der Waals surface area contributed by atoms with E-state index in [1.54, 1.807) is 12.1 Å². The first-order chi connectivity index (χ1) is 16.4. The molecule has 2 rings (SSSR count). The summed E-state index contributed by atoms with van der Waals surface area (Å²) in [6, 6.07) is 16.9. The Hall–Kier alpha value is -1.34. The molecule has 0 saturated heterocycles. The standard InChI is InChI=1S/C30H45F3P/c1-3-5-7-9-11-16-24-34(29-18-14-13-15-19-29,25-17-12-10-8-6-4-2)26-27-20-22-28(23-21-27)30(31,32)33/h13-15,18-23H,3-12,16-17,24-26H2,1-2H3/q+1. The Balaban J connectivity index is 2.21. The van der Waals surface area contributed by atoms with Crippen molar-refractivity contribution in [3.63, 3.8) is 0 Å². The van der Waals surface area contributed by atoms with Crippen LogP contribution in [0.2, 0.25) is 0 Å². The van der Waals surface area contributed by atoms with Crippen molar-refractivity contribution in [3.05, 3.63) is 65.7 Å². The molecule has 0 heterocycles. The Bertz CT molecular complexity index is 752. The van der Waals surface area contributed by atoms with Crippen molar-refractivity contribution >= 4 is 12.6 Å². The topological polar surface area (TPSA) is 0 Å². The highest BCUT2D eigenvalue weighted by molar-refractivity contribution is 7.82. The maximum Gasteiger partial charge on any atom is 0.416 e. The van der Waals surface area contributed by atoms with Crippen LogP contribution in [0.4, 0.5) is 13.2 Å². The molecule has 0 aliphatic rings. The van der Waals surface area contributed by atoms with Gasteiger partial charge in [-0.05, 0) is 55.5 Å². The van der Waals surface area contributed by atoms with E-state index < -0.39 is 19.0 Å². The van der Waals surface area contributed by atoms with Crippen LogP contribution < -0.4 is 5.30 Å². The second kappa shape index (κ2) is 15.6. The first-order valence-corrected chi connectivity index (χ1v) is 15.8. The fourth-order valence-corrected chi connectivity index (χ4v) is 9.51. The molecule has 2 aromatic carbocycles. The highest BCUT2D eigenvalue weighted by Gasteiger charge is 2.39. The number of halogens is 3. The number of hydrogen-bond acceptors (Lipinski definition) is 0. The lowest BCUT2D eigenvalue weighted by atomic mass is 10.1. The van der Waals surface area contributed by atoms with Crippen LogP contribution in [0, 0.1) is 0 Å². The zero-order chi connectivity index (χ0) is 24.7.